The van der Waals surface area contributed by atoms with Crippen LogP contribution in [0.2, 0.25) is 0 Å². The molecule has 1 N–H and O–H groups in total. The molecule has 0 aliphatic carbocycles. The molecule has 2 fully saturated rings. The van der Waals surface area contributed by atoms with E-state index in [4.69, 9.17) is 0 Å². The molecule has 0 aromatic carbocycles. The number of nitrogens with one attached hydrogen (secondary N) is 1. The second kappa shape index (κ2) is 11.3. The summed E-state index contributed by atoms with van der Waals surface area (Å²) in [6.07, 6.45) is 1.22. The van der Waals surface area contributed by atoms with Gasteiger partial charge in [-0.1, -0.05) is 13.8 Å². The molecule has 2 aliphatic rings. The van der Waals surface area contributed by atoms with Crippen LogP contribution in [-0.2, 0) is 18.4 Å². The van der Waals surface area contributed by atoms with Gasteiger partial charge in [-0.3, -0.25) is 14.7 Å². The zero-order valence-corrected chi connectivity index (χ0v) is 21.3. The third-order valence-electron chi connectivity index (χ3n) is 6.05. The topological polar surface area (TPSA) is 81.9 Å². The van der Waals surface area contributed by atoms with Crippen LogP contribution in [0.1, 0.15) is 31.9 Å². The van der Waals surface area contributed by atoms with E-state index in [1.807, 2.05) is 18.5 Å². The fourth-order valence-corrected chi connectivity index (χ4v) is 4.37. The van der Waals surface area contributed by atoms with Gasteiger partial charge in [0.05, 0.1) is 13.1 Å². The number of piperidine rings is 1. The van der Waals surface area contributed by atoms with E-state index in [-0.39, 0.29) is 29.9 Å². The van der Waals surface area contributed by atoms with Crippen molar-refractivity contribution in [3.8, 4) is 0 Å². The van der Waals surface area contributed by atoms with Crippen molar-refractivity contribution >= 4 is 35.8 Å². The molecule has 3 rings (SSSR count). The Bertz CT molecular complexity index is 718. The van der Waals surface area contributed by atoms with Gasteiger partial charge in [-0.05, 0) is 25.2 Å². The highest BCUT2D eigenvalue weighted by molar-refractivity contribution is 14.0. The van der Waals surface area contributed by atoms with Crippen LogP contribution in [0.3, 0.4) is 0 Å². The summed E-state index contributed by atoms with van der Waals surface area (Å²) in [7, 11) is 3.77. The molecule has 2 aliphatic heterocycles. The Morgan fingerprint density at radius 1 is 1.10 bits per heavy atom. The first-order chi connectivity index (χ1) is 13.9. The number of carbonyl (C=O) groups excluding carboxylic acids is 1. The Hall–Kier alpha value is -1.43. The summed E-state index contributed by atoms with van der Waals surface area (Å²) in [6, 6.07) is 0. The first-order valence-corrected chi connectivity index (χ1v) is 10.7. The number of hydrogen-bond donors (Lipinski definition) is 1. The van der Waals surface area contributed by atoms with Crippen molar-refractivity contribution in [1.82, 2.24) is 34.8 Å². The number of aromatic nitrogens is 3. The maximum atomic E-state index is 12.7. The summed E-state index contributed by atoms with van der Waals surface area (Å²) >= 11 is 0. The molecule has 1 aromatic rings. The lowest BCUT2D eigenvalue weighted by Gasteiger charge is -2.39. The highest BCUT2D eigenvalue weighted by Crippen LogP contribution is 2.21. The summed E-state index contributed by atoms with van der Waals surface area (Å²) < 4.78 is 1.98. The quantitative estimate of drug-likeness (QED) is 0.353. The summed E-state index contributed by atoms with van der Waals surface area (Å²) in [5.74, 6) is 4.14. The largest absolute Gasteiger partial charge is 0.349 e. The number of likely N-dealkylation sites (tertiary alicyclic amines) is 1. The third kappa shape index (κ3) is 6.29. The van der Waals surface area contributed by atoms with Gasteiger partial charge in [0.25, 0.3) is 0 Å². The monoisotopic (exact) mass is 532 g/mol. The van der Waals surface area contributed by atoms with Crippen molar-refractivity contribution in [2.75, 3.05) is 52.9 Å². The van der Waals surface area contributed by atoms with Crippen LogP contribution in [0.5, 0.6) is 0 Å². The fourth-order valence-electron chi connectivity index (χ4n) is 4.37. The SMILES string of the molecule is CN=C(NCc1nnc(C)n1C)N1CCN(CC(=O)N2CC(C)CC(C)C2)CC1.I. The van der Waals surface area contributed by atoms with Crippen molar-refractivity contribution in [1.29, 1.82) is 0 Å². The van der Waals surface area contributed by atoms with Crippen LogP contribution in [0.4, 0.5) is 0 Å². The lowest BCUT2D eigenvalue weighted by molar-refractivity contribution is -0.135. The number of hydrogen-bond acceptors (Lipinski definition) is 5. The maximum Gasteiger partial charge on any atom is 0.236 e. The summed E-state index contributed by atoms with van der Waals surface area (Å²) in [5, 5.41) is 11.7. The van der Waals surface area contributed by atoms with E-state index in [0.29, 0.717) is 24.9 Å². The zero-order chi connectivity index (χ0) is 21.0. The lowest BCUT2D eigenvalue weighted by atomic mass is 9.92. The Morgan fingerprint density at radius 3 is 2.27 bits per heavy atom. The second-order valence-corrected chi connectivity index (χ2v) is 8.63. The number of carbonyl (C=O) groups is 1. The molecule has 30 heavy (non-hydrogen) atoms. The van der Waals surface area contributed by atoms with Crippen LogP contribution in [-0.4, -0.2) is 94.2 Å². The minimum atomic E-state index is 0. The molecule has 0 bridgehead atoms. The maximum absolute atomic E-state index is 12.7. The minimum Gasteiger partial charge on any atom is -0.349 e. The molecule has 10 heteroatoms. The molecule has 9 nitrogen and oxygen atoms in total. The van der Waals surface area contributed by atoms with Gasteiger partial charge in [0.15, 0.2) is 11.8 Å². The molecule has 170 valence electrons. The normalized spacial score (nSPS) is 23.3. The standard InChI is InChI=1S/C20H36N8O.HI/c1-15-10-16(2)13-28(12-15)19(29)14-26-6-8-27(9-7-26)20(21-4)22-11-18-24-23-17(3)25(18)5;/h15-16H,6-14H2,1-5H3,(H,21,22);1H. The molecule has 2 unspecified atom stereocenters. The highest BCUT2D eigenvalue weighted by atomic mass is 127. The smallest absolute Gasteiger partial charge is 0.236 e. The summed E-state index contributed by atoms with van der Waals surface area (Å²) in [5.41, 5.74) is 0. The Labute approximate surface area is 197 Å². The van der Waals surface area contributed by atoms with Gasteiger partial charge in [-0.25, -0.2) is 0 Å². The van der Waals surface area contributed by atoms with Gasteiger partial charge in [0, 0.05) is 53.4 Å². The Morgan fingerprint density at radius 2 is 1.73 bits per heavy atom. The molecule has 2 atom stereocenters. The fraction of sp³-hybridized carbons (Fsp3) is 0.800. The van der Waals surface area contributed by atoms with Crippen molar-refractivity contribution in [3.05, 3.63) is 11.6 Å². The van der Waals surface area contributed by atoms with Crippen molar-refractivity contribution < 1.29 is 4.79 Å². The number of halogens is 1. The Balaban J connectivity index is 0.00000320. The summed E-state index contributed by atoms with van der Waals surface area (Å²) in [4.78, 5) is 23.7. The predicted molar refractivity (Wildman–Crippen MR) is 129 cm³/mol. The van der Waals surface area contributed by atoms with E-state index >= 15 is 0 Å². The van der Waals surface area contributed by atoms with Crippen LogP contribution in [0.15, 0.2) is 4.99 Å². The first-order valence-electron chi connectivity index (χ1n) is 10.7. The first kappa shape index (κ1) is 24.8. The Kier molecular flexibility index (Phi) is 9.32. The number of aliphatic imine (C=N–C) groups is 1. The molecule has 0 spiro atoms. The molecule has 1 amide bonds. The number of nitrogens with zero attached hydrogens (tertiary/aromatic N) is 7. The van der Waals surface area contributed by atoms with Crippen LogP contribution in [0, 0.1) is 18.8 Å². The third-order valence-corrected chi connectivity index (χ3v) is 6.05. The van der Waals surface area contributed by atoms with Gasteiger partial charge < -0.3 is 19.7 Å². The zero-order valence-electron chi connectivity index (χ0n) is 19.0. The van der Waals surface area contributed by atoms with Crippen LogP contribution in [0.25, 0.3) is 0 Å². The van der Waals surface area contributed by atoms with E-state index < -0.39 is 0 Å². The number of rotatable bonds is 4. The van der Waals surface area contributed by atoms with E-state index in [1.54, 1.807) is 7.05 Å². The van der Waals surface area contributed by atoms with E-state index in [9.17, 15) is 4.79 Å². The molecule has 2 saturated heterocycles. The highest BCUT2D eigenvalue weighted by Gasteiger charge is 2.28. The lowest BCUT2D eigenvalue weighted by Crippen LogP contribution is -2.55. The summed E-state index contributed by atoms with van der Waals surface area (Å²) in [6.45, 7) is 12.8. The van der Waals surface area contributed by atoms with Gasteiger partial charge >= 0.3 is 0 Å². The number of piperazine rings is 1. The predicted octanol–water partition coefficient (Wildman–Crippen LogP) is 0.939. The average molecular weight is 532 g/mol. The van der Waals surface area contributed by atoms with Crippen molar-refractivity contribution in [2.45, 2.75) is 33.7 Å². The molecule has 1 aromatic heterocycles. The molecule has 0 radical (unpaired) electrons. The van der Waals surface area contributed by atoms with E-state index in [0.717, 1.165) is 56.9 Å². The van der Waals surface area contributed by atoms with Gasteiger partial charge in [-0.15, -0.1) is 34.2 Å². The molecule has 0 saturated carbocycles. The second-order valence-electron chi connectivity index (χ2n) is 8.63. The van der Waals surface area contributed by atoms with Crippen LogP contribution >= 0.6 is 24.0 Å². The average Bonchev–Trinajstić information content (AvgIpc) is 3.01. The van der Waals surface area contributed by atoms with Gasteiger partial charge in [-0.2, -0.15) is 0 Å². The molecular formula is C20H37IN8O. The number of amides is 1. The van der Waals surface area contributed by atoms with Gasteiger partial charge in [0.2, 0.25) is 5.91 Å². The van der Waals surface area contributed by atoms with Crippen molar-refractivity contribution in [3.63, 3.8) is 0 Å². The van der Waals surface area contributed by atoms with Crippen molar-refractivity contribution in [2.24, 2.45) is 23.9 Å². The van der Waals surface area contributed by atoms with E-state index in [2.05, 4.69) is 49.1 Å². The molecule has 3 heterocycles. The molecular weight excluding hydrogens is 495 g/mol. The number of aryl methyl sites for hydroxylation is 1. The van der Waals surface area contributed by atoms with Gasteiger partial charge in [0.1, 0.15) is 5.82 Å². The van der Waals surface area contributed by atoms with E-state index in [1.165, 1.54) is 6.42 Å². The van der Waals surface area contributed by atoms with Crippen LogP contribution < -0.4 is 5.32 Å². The minimum absolute atomic E-state index is 0. The number of guanidine groups is 1.